The van der Waals surface area contributed by atoms with Crippen molar-refractivity contribution in [1.29, 1.82) is 0 Å². The Balaban J connectivity index is 1.33. The summed E-state index contributed by atoms with van der Waals surface area (Å²) in [7, 11) is 4.00. The average Bonchev–Trinajstić information content (AvgIpc) is 3.71. The van der Waals surface area contributed by atoms with Crippen molar-refractivity contribution in [2.24, 2.45) is 7.05 Å². The van der Waals surface area contributed by atoms with Crippen molar-refractivity contribution in [3.8, 4) is 16.9 Å². The number of carbonyl (C=O) groups excluding carboxylic acids is 1. The van der Waals surface area contributed by atoms with E-state index in [-0.39, 0.29) is 0 Å². The summed E-state index contributed by atoms with van der Waals surface area (Å²) in [6.07, 6.45) is 4.91. The first-order valence-corrected chi connectivity index (χ1v) is 16.6. The lowest BCUT2D eigenvalue weighted by atomic mass is 9.98. The molecule has 0 radical (unpaired) electrons. The molecule has 0 amide bonds. The zero-order chi connectivity index (χ0) is 33.4. The molecule has 0 fully saturated rings. The van der Waals surface area contributed by atoms with Crippen LogP contribution in [0.2, 0.25) is 10.0 Å². The van der Waals surface area contributed by atoms with Crippen molar-refractivity contribution in [2.75, 3.05) is 25.1 Å². The maximum atomic E-state index is 12.9. The van der Waals surface area contributed by atoms with Crippen LogP contribution < -0.4 is 9.64 Å². The number of ether oxygens (including phenoxy) is 1. The molecular weight excluding hydrogens is 633 g/mol. The number of aryl methyl sites for hydroxylation is 6. The number of hydrogen-bond acceptors (Lipinski definition) is 6. The van der Waals surface area contributed by atoms with E-state index in [2.05, 4.69) is 34.7 Å². The summed E-state index contributed by atoms with van der Waals surface area (Å²) in [6.45, 7) is 9.92. The molecule has 3 aromatic carbocycles. The van der Waals surface area contributed by atoms with E-state index in [1.165, 1.54) is 0 Å². The molecule has 0 aliphatic rings. The fourth-order valence-corrected chi connectivity index (χ4v) is 6.98. The fourth-order valence-electron chi connectivity index (χ4n) is 6.62. The number of halogens is 2. The lowest BCUT2D eigenvalue weighted by Gasteiger charge is -2.20. The van der Waals surface area contributed by atoms with E-state index in [0.717, 1.165) is 103 Å². The zero-order valence-corrected chi connectivity index (χ0v) is 29.2. The molecule has 0 bridgehead atoms. The minimum absolute atomic E-state index is 0.507. The molecular formula is C37H39Cl2N5O3. The summed E-state index contributed by atoms with van der Waals surface area (Å²) in [5, 5.41) is 12.0. The number of aldehydes is 1. The smallest absolute Gasteiger partial charge is 0.168 e. The quantitative estimate of drug-likeness (QED) is 0.0954. The number of benzene rings is 3. The van der Waals surface area contributed by atoms with Gasteiger partial charge in [0.15, 0.2) is 11.9 Å². The first-order valence-electron chi connectivity index (χ1n) is 15.8. The highest BCUT2D eigenvalue weighted by atomic mass is 35.5. The van der Waals surface area contributed by atoms with Gasteiger partial charge in [-0.25, -0.2) is 0 Å². The van der Waals surface area contributed by atoms with Gasteiger partial charge in [0.25, 0.3) is 0 Å². The van der Waals surface area contributed by atoms with Gasteiger partial charge in [0, 0.05) is 71.6 Å². The van der Waals surface area contributed by atoms with Crippen molar-refractivity contribution < 1.29 is 14.1 Å². The molecule has 10 heteroatoms. The van der Waals surface area contributed by atoms with E-state index in [1.54, 1.807) is 6.20 Å². The van der Waals surface area contributed by atoms with Crippen LogP contribution in [-0.2, 0) is 20.0 Å². The van der Waals surface area contributed by atoms with Gasteiger partial charge in [-0.05, 0) is 94.0 Å². The fraction of sp³-hybridized carbons (Fsp3) is 0.324. The predicted molar refractivity (Wildman–Crippen MR) is 191 cm³/mol. The summed E-state index contributed by atoms with van der Waals surface area (Å²) in [5.41, 5.74) is 10.2. The van der Waals surface area contributed by atoms with E-state index >= 15 is 0 Å². The van der Waals surface area contributed by atoms with Crippen LogP contribution in [0.25, 0.3) is 33.0 Å². The predicted octanol–water partition coefficient (Wildman–Crippen LogP) is 9.07. The van der Waals surface area contributed by atoms with Crippen LogP contribution >= 0.6 is 23.2 Å². The normalized spacial score (nSPS) is 11.6. The highest BCUT2D eigenvalue weighted by Crippen LogP contribution is 2.42. The number of aromatic nitrogens is 4. The van der Waals surface area contributed by atoms with Gasteiger partial charge >= 0.3 is 0 Å². The Morgan fingerprint density at radius 2 is 1.77 bits per heavy atom. The van der Waals surface area contributed by atoms with Crippen molar-refractivity contribution >= 4 is 57.0 Å². The Bertz CT molecular complexity index is 2090. The molecule has 0 aliphatic carbocycles. The first-order chi connectivity index (χ1) is 22.6. The summed E-state index contributed by atoms with van der Waals surface area (Å²) in [5.74, 6) is 0.797. The molecule has 6 rings (SSSR count). The van der Waals surface area contributed by atoms with Crippen molar-refractivity contribution in [3.63, 3.8) is 0 Å². The molecule has 244 valence electrons. The second-order valence-electron chi connectivity index (χ2n) is 12.3. The van der Waals surface area contributed by atoms with E-state index < -0.39 is 0 Å². The van der Waals surface area contributed by atoms with Crippen LogP contribution in [0, 0.1) is 27.7 Å². The zero-order valence-electron chi connectivity index (χ0n) is 27.7. The van der Waals surface area contributed by atoms with Crippen LogP contribution in [0.1, 0.15) is 51.4 Å². The third kappa shape index (κ3) is 6.24. The minimum atomic E-state index is 0.507. The summed E-state index contributed by atoms with van der Waals surface area (Å²) < 4.78 is 15.6. The Morgan fingerprint density at radius 1 is 1.00 bits per heavy atom. The van der Waals surface area contributed by atoms with Crippen molar-refractivity contribution in [1.82, 2.24) is 19.5 Å². The maximum absolute atomic E-state index is 12.9. The van der Waals surface area contributed by atoms with Crippen LogP contribution in [-0.4, -0.2) is 46.0 Å². The summed E-state index contributed by atoms with van der Waals surface area (Å²) in [6, 6.07) is 14.0. The van der Waals surface area contributed by atoms with Crippen molar-refractivity contribution in [2.45, 2.75) is 53.5 Å². The molecule has 3 heterocycles. The molecule has 6 aromatic rings. The van der Waals surface area contributed by atoms with Crippen LogP contribution in [0.5, 0.6) is 5.75 Å². The molecule has 47 heavy (non-hydrogen) atoms. The number of carbonyl (C=O) groups is 1. The monoisotopic (exact) mass is 671 g/mol. The lowest BCUT2D eigenvalue weighted by molar-refractivity contribution is 0.111. The molecule has 0 saturated carbocycles. The Hall–Kier alpha value is -4.27. The molecule has 0 aliphatic heterocycles. The largest absolute Gasteiger partial charge is 0.494 e. The molecule has 0 spiro atoms. The highest BCUT2D eigenvalue weighted by molar-refractivity contribution is 6.35. The van der Waals surface area contributed by atoms with E-state index in [1.807, 2.05) is 68.9 Å². The van der Waals surface area contributed by atoms with E-state index in [0.29, 0.717) is 30.3 Å². The second kappa shape index (κ2) is 13.5. The topological polar surface area (TPSA) is 78.3 Å². The van der Waals surface area contributed by atoms with Crippen LogP contribution in [0.4, 0.5) is 5.69 Å². The van der Waals surface area contributed by atoms with E-state index in [9.17, 15) is 4.79 Å². The van der Waals surface area contributed by atoms with Gasteiger partial charge < -0.3 is 18.7 Å². The second-order valence-corrected chi connectivity index (χ2v) is 13.1. The maximum Gasteiger partial charge on any atom is 0.168 e. The summed E-state index contributed by atoms with van der Waals surface area (Å²) in [4.78, 5) is 15.1. The summed E-state index contributed by atoms with van der Waals surface area (Å²) >= 11 is 13.4. The minimum Gasteiger partial charge on any atom is -0.494 e. The van der Waals surface area contributed by atoms with Crippen LogP contribution in [0.15, 0.2) is 53.2 Å². The van der Waals surface area contributed by atoms with Crippen LogP contribution in [0.3, 0.4) is 0 Å². The molecule has 0 atom stereocenters. The Labute approximate surface area is 284 Å². The third-order valence-electron chi connectivity index (χ3n) is 9.10. The lowest BCUT2D eigenvalue weighted by Crippen LogP contribution is -2.20. The third-order valence-corrected chi connectivity index (χ3v) is 10.0. The molecule has 0 saturated heterocycles. The highest BCUT2D eigenvalue weighted by Gasteiger charge is 2.25. The van der Waals surface area contributed by atoms with Crippen molar-refractivity contribution in [3.05, 3.63) is 92.5 Å². The first kappa shape index (κ1) is 32.7. The van der Waals surface area contributed by atoms with Gasteiger partial charge in [-0.1, -0.05) is 34.4 Å². The number of fused-ring (bicyclic) bond motifs is 2. The number of anilines is 1. The molecule has 0 N–H and O–H groups in total. The average molecular weight is 673 g/mol. The number of rotatable bonds is 12. The van der Waals surface area contributed by atoms with Gasteiger partial charge in [-0.3, -0.25) is 9.48 Å². The molecule has 0 unspecified atom stereocenters. The number of nitrogens with zero attached hydrogens (tertiary/aromatic N) is 5. The molecule has 8 nitrogen and oxygen atoms in total. The van der Waals surface area contributed by atoms with Gasteiger partial charge in [-0.15, -0.1) is 0 Å². The van der Waals surface area contributed by atoms with Gasteiger partial charge in [0.2, 0.25) is 0 Å². The van der Waals surface area contributed by atoms with E-state index in [4.69, 9.17) is 37.6 Å². The van der Waals surface area contributed by atoms with Gasteiger partial charge in [0.05, 0.1) is 34.7 Å². The van der Waals surface area contributed by atoms with Gasteiger partial charge in [0.1, 0.15) is 5.75 Å². The SMILES string of the molecule is Cc1cc(OCCCc2c(C=O)n(CCCN(C)c3ccc4cnoc4c3)c3c(-c4c(C)nn(C)c4C)c(Cl)ccc23)cc(C)c1Cl. The number of hydrogen-bond donors (Lipinski definition) is 0. The van der Waals surface area contributed by atoms with Gasteiger partial charge in [-0.2, -0.15) is 5.10 Å². The standard InChI is InChI=1S/C37H39Cl2N5O3/c1-22-17-28(18-23(2)36(22)39)46-16-7-9-29-30-12-13-31(38)35(34-24(3)41-43(6)25(34)4)37(30)44(32(29)21-45)15-8-14-42(5)27-11-10-26-20-40-47-33(26)19-27/h10-13,17-21H,7-9,14-16H2,1-6H3. The molecule has 3 aromatic heterocycles. The Morgan fingerprint density at radius 3 is 2.47 bits per heavy atom. The Kier molecular flexibility index (Phi) is 9.35.